The first-order valence-corrected chi connectivity index (χ1v) is 8.84. The fourth-order valence-corrected chi connectivity index (χ4v) is 2.92. The number of β-amino-alcohol motifs (C(OH)–C–C–N with tert-alkyl or cyclic N) is 1. The van der Waals surface area contributed by atoms with Crippen LogP contribution in [0.15, 0.2) is 48.5 Å². The van der Waals surface area contributed by atoms with Crippen molar-refractivity contribution in [2.75, 3.05) is 26.2 Å². The van der Waals surface area contributed by atoms with Crippen molar-refractivity contribution in [3.05, 3.63) is 54.1 Å². The van der Waals surface area contributed by atoms with Gasteiger partial charge in [0.1, 0.15) is 5.75 Å². The second kappa shape index (κ2) is 10.2. The molecular weight excluding hydrogens is 368 g/mol. The van der Waals surface area contributed by atoms with Crippen LogP contribution in [0.3, 0.4) is 0 Å². The maximum atomic E-state index is 12.6. The van der Waals surface area contributed by atoms with Gasteiger partial charge >= 0.3 is 0 Å². The number of aliphatic hydroxyl groups excluding tert-OH is 1. The van der Waals surface area contributed by atoms with E-state index in [-0.39, 0.29) is 24.2 Å². The summed E-state index contributed by atoms with van der Waals surface area (Å²) in [6.07, 6.45) is -0.431. The zero-order valence-corrected chi connectivity index (χ0v) is 16.0. The Hall–Kier alpha value is -2.28. The lowest BCUT2D eigenvalue weighted by molar-refractivity contribution is 0.0924. The van der Waals surface area contributed by atoms with Gasteiger partial charge in [-0.2, -0.15) is 0 Å². The molecule has 6 nitrogen and oxygen atoms in total. The van der Waals surface area contributed by atoms with Crippen LogP contribution >= 0.6 is 12.4 Å². The number of carbonyl (C=O) groups is 1. The quantitative estimate of drug-likeness (QED) is 0.675. The Balaban J connectivity index is 0.00000261. The third kappa shape index (κ3) is 5.35. The number of ether oxygens (including phenoxy) is 2. The standard InChI is InChI=1S/C20H24N2O4.ClH/c1-2-25-18-9-5-6-10-19(18)26-17-8-4-3-7-15(17)20(24)22-12-14-11-21-13-16(14)23;/h3-10,14,16,21,23H,2,11-13H2,1H3,(H,22,24);1H. The van der Waals surface area contributed by atoms with Crippen molar-refractivity contribution in [2.24, 2.45) is 5.92 Å². The van der Waals surface area contributed by atoms with Crippen LogP contribution in [0.2, 0.25) is 0 Å². The number of hydrogen-bond donors (Lipinski definition) is 3. The SMILES string of the molecule is CCOc1ccccc1Oc1ccccc1C(=O)NCC1CNCC1O.Cl. The summed E-state index contributed by atoms with van der Waals surface area (Å²) in [6, 6.07) is 14.5. The minimum Gasteiger partial charge on any atom is -0.490 e. The summed E-state index contributed by atoms with van der Waals surface area (Å²) in [5.74, 6) is 1.44. The van der Waals surface area contributed by atoms with Gasteiger partial charge in [-0.15, -0.1) is 12.4 Å². The van der Waals surface area contributed by atoms with E-state index >= 15 is 0 Å². The molecule has 0 bridgehead atoms. The molecule has 2 aromatic rings. The van der Waals surface area contributed by atoms with Crippen LogP contribution in [0.1, 0.15) is 17.3 Å². The Morgan fingerprint density at radius 1 is 1.11 bits per heavy atom. The first-order valence-electron chi connectivity index (χ1n) is 8.84. The third-order valence-electron chi connectivity index (χ3n) is 4.33. The van der Waals surface area contributed by atoms with Gasteiger partial charge in [0.2, 0.25) is 0 Å². The molecule has 146 valence electrons. The van der Waals surface area contributed by atoms with Crippen molar-refractivity contribution in [1.29, 1.82) is 0 Å². The van der Waals surface area contributed by atoms with Gasteiger partial charge in [-0.25, -0.2) is 0 Å². The van der Waals surface area contributed by atoms with Crippen molar-refractivity contribution < 1.29 is 19.4 Å². The molecule has 1 saturated heterocycles. The molecule has 2 aromatic carbocycles. The maximum absolute atomic E-state index is 12.6. The molecule has 1 aliphatic rings. The lowest BCUT2D eigenvalue weighted by atomic mass is 10.1. The number of halogens is 1. The minimum atomic E-state index is -0.431. The Labute approximate surface area is 165 Å². The van der Waals surface area contributed by atoms with Gasteiger partial charge in [0.05, 0.1) is 18.3 Å². The van der Waals surface area contributed by atoms with E-state index in [1.165, 1.54) is 0 Å². The second-order valence-electron chi connectivity index (χ2n) is 6.17. The van der Waals surface area contributed by atoms with Crippen LogP contribution in [0.5, 0.6) is 17.2 Å². The van der Waals surface area contributed by atoms with Crippen LogP contribution in [0, 0.1) is 5.92 Å². The van der Waals surface area contributed by atoms with Gasteiger partial charge < -0.3 is 25.2 Å². The van der Waals surface area contributed by atoms with E-state index in [1.807, 2.05) is 31.2 Å². The molecule has 0 spiro atoms. The molecule has 0 radical (unpaired) electrons. The average molecular weight is 393 g/mol. The highest BCUT2D eigenvalue weighted by molar-refractivity contribution is 5.97. The van der Waals surface area contributed by atoms with Crippen LogP contribution in [0.25, 0.3) is 0 Å². The summed E-state index contributed by atoms with van der Waals surface area (Å²) >= 11 is 0. The molecule has 0 saturated carbocycles. The fourth-order valence-electron chi connectivity index (χ4n) is 2.92. The number of amides is 1. The summed E-state index contributed by atoms with van der Waals surface area (Å²) in [6.45, 7) is 4.11. The number of benzene rings is 2. The van der Waals surface area contributed by atoms with Crippen molar-refractivity contribution in [3.8, 4) is 17.2 Å². The van der Waals surface area contributed by atoms with E-state index in [0.717, 1.165) is 0 Å². The first-order chi connectivity index (χ1) is 12.7. The predicted octanol–water partition coefficient (Wildman–Crippen LogP) is 2.61. The minimum absolute atomic E-state index is 0. The highest BCUT2D eigenvalue weighted by Gasteiger charge is 2.25. The van der Waals surface area contributed by atoms with E-state index < -0.39 is 6.10 Å². The molecule has 3 N–H and O–H groups in total. The summed E-state index contributed by atoms with van der Waals surface area (Å²) < 4.78 is 11.5. The highest BCUT2D eigenvalue weighted by Crippen LogP contribution is 2.32. The van der Waals surface area contributed by atoms with Crippen LogP contribution in [-0.4, -0.2) is 43.4 Å². The summed E-state index contributed by atoms with van der Waals surface area (Å²) in [5.41, 5.74) is 0.444. The first kappa shape index (κ1) is 21.0. The molecule has 0 aromatic heterocycles. The maximum Gasteiger partial charge on any atom is 0.255 e. The lowest BCUT2D eigenvalue weighted by Crippen LogP contribution is -2.34. The van der Waals surface area contributed by atoms with Crippen LogP contribution in [-0.2, 0) is 0 Å². The molecule has 2 atom stereocenters. The Morgan fingerprint density at radius 2 is 1.78 bits per heavy atom. The number of rotatable bonds is 7. The fraction of sp³-hybridized carbons (Fsp3) is 0.350. The largest absolute Gasteiger partial charge is 0.490 e. The zero-order chi connectivity index (χ0) is 18.4. The summed E-state index contributed by atoms with van der Waals surface area (Å²) in [5, 5.41) is 15.8. The topological polar surface area (TPSA) is 79.8 Å². The molecule has 1 amide bonds. The smallest absolute Gasteiger partial charge is 0.255 e. The van der Waals surface area contributed by atoms with Crippen molar-refractivity contribution in [2.45, 2.75) is 13.0 Å². The zero-order valence-electron chi connectivity index (χ0n) is 15.2. The Bertz CT molecular complexity index is 756. The van der Waals surface area contributed by atoms with Crippen molar-refractivity contribution in [3.63, 3.8) is 0 Å². The molecular formula is C20H25ClN2O4. The normalized spacial score (nSPS) is 18.4. The number of hydrogen-bond acceptors (Lipinski definition) is 5. The Kier molecular flexibility index (Phi) is 7.91. The molecule has 1 fully saturated rings. The van der Waals surface area contributed by atoms with E-state index in [1.54, 1.807) is 24.3 Å². The van der Waals surface area contributed by atoms with Gasteiger partial charge in [-0.3, -0.25) is 4.79 Å². The number of para-hydroxylation sites is 3. The van der Waals surface area contributed by atoms with Gasteiger partial charge in [0.25, 0.3) is 5.91 Å². The molecule has 1 aliphatic heterocycles. The lowest BCUT2D eigenvalue weighted by Gasteiger charge is -2.16. The van der Waals surface area contributed by atoms with E-state index in [9.17, 15) is 9.90 Å². The number of aliphatic hydroxyl groups is 1. The molecule has 7 heteroatoms. The molecule has 1 heterocycles. The second-order valence-corrected chi connectivity index (χ2v) is 6.17. The molecule has 27 heavy (non-hydrogen) atoms. The van der Waals surface area contributed by atoms with Crippen molar-refractivity contribution in [1.82, 2.24) is 10.6 Å². The predicted molar refractivity (Wildman–Crippen MR) is 106 cm³/mol. The average Bonchev–Trinajstić information content (AvgIpc) is 3.07. The summed E-state index contributed by atoms with van der Waals surface area (Å²) in [4.78, 5) is 12.6. The van der Waals surface area contributed by atoms with E-state index in [4.69, 9.17) is 9.47 Å². The van der Waals surface area contributed by atoms with Crippen LogP contribution < -0.4 is 20.1 Å². The van der Waals surface area contributed by atoms with E-state index in [0.29, 0.717) is 49.1 Å². The van der Waals surface area contributed by atoms with Gasteiger partial charge in [0, 0.05) is 25.6 Å². The Morgan fingerprint density at radius 3 is 2.44 bits per heavy atom. The monoisotopic (exact) mass is 392 g/mol. The molecule has 2 unspecified atom stereocenters. The third-order valence-corrected chi connectivity index (χ3v) is 4.33. The van der Waals surface area contributed by atoms with Crippen molar-refractivity contribution >= 4 is 18.3 Å². The number of carbonyl (C=O) groups excluding carboxylic acids is 1. The summed E-state index contributed by atoms with van der Waals surface area (Å²) in [7, 11) is 0. The van der Waals surface area contributed by atoms with Gasteiger partial charge in [0.15, 0.2) is 11.5 Å². The van der Waals surface area contributed by atoms with Crippen LogP contribution in [0.4, 0.5) is 0 Å². The van der Waals surface area contributed by atoms with E-state index in [2.05, 4.69) is 10.6 Å². The van der Waals surface area contributed by atoms with Gasteiger partial charge in [-0.1, -0.05) is 24.3 Å². The number of nitrogens with one attached hydrogen (secondary N) is 2. The molecule has 0 aliphatic carbocycles. The molecule has 3 rings (SSSR count). The van der Waals surface area contributed by atoms with Gasteiger partial charge in [-0.05, 0) is 31.2 Å². The highest BCUT2D eigenvalue weighted by atomic mass is 35.5.